The smallest absolute Gasteiger partial charge is 0.243 e. The minimum Gasteiger partial charge on any atom is -0.374 e. The molecule has 0 saturated carbocycles. The van der Waals surface area contributed by atoms with Gasteiger partial charge >= 0.3 is 0 Å². The second-order valence-electron chi connectivity index (χ2n) is 5.48. The van der Waals surface area contributed by atoms with Gasteiger partial charge in [0.15, 0.2) is 5.13 Å². The Hall–Kier alpha value is -2.10. The summed E-state index contributed by atoms with van der Waals surface area (Å²) >= 11 is 1.41. The average molecular weight is 348 g/mol. The molecule has 9 heteroatoms. The maximum absolute atomic E-state index is 12.3. The van der Waals surface area contributed by atoms with Gasteiger partial charge in [-0.3, -0.25) is 9.69 Å². The second kappa shape index (κ2) is 8.13. The number of amides is 1. The Morgan fingerprint density at radius 3 is 3.21 bits per heavy atom. The predicted molar refractivity (Wildman–Crippen MR) is 92.0 cm³/mol. The van der Waals surface area contributed by atoms with Crippen LogP contribution in [0.3, 0.4) is 0 Å². The first-order chi connectivity index (χ1) is 11.7. The minimum absolute atomic E-state index is 0.00383. The first-order valence-electron chi connectivity index (χ1n) is 7.80. The molecule has 2 aromatic rings. The van der Waals surface area contributed by atoms with Gasteiger partial charge in [-0.25, -0.2) is 4.98 Å². The molecule has 3 heterocycles. The molecule has 3 rings (SSSR count). The van der Waals surface area contributed by atoms with Gasteiger partial charge in [0.25, 0.3) is 0 Å². The Bertz CT molecular complexity index is 639. The van der Waals surface area contributed by atoms with E-state index < -0.39 is 0 Å². The highest BCUT2D eigenvalue weighted by molar-refractivity contribution is 7.13. The van der Waals surface area contributed by atoms with Crippen LogP contribution in [0.5, 0.6) is 0 Å². The van der Waals surface area contributed by atoms with Crippen molar-refractivity contribution in [1.29, 1.82) is 0 Å². The second-order valence-corrected chi connectivity index (χ2v) is 6.37. The van der Waals surface area contributed by atoms with Crippen molar-refractivity contribution in [3.63, 3.8) is 0 Å². The number of nitrogens with zero attached hydrogens (tertiary/aromatic N) is 4. The Balaban J connectivity index is 1.50. The Labute approximate surface area is 144 Å². The van der Waals surface area contributed by atoms with Gasteiger partial charge in [-0.15, -0.1) is 16.4 Å². The first-order valence-corrected chi connectivity index (χ1v) is 8.68. The van der Waals surface area contributed by atoms with Gasteiger partial charge in [-0.1, -0.05) is 0 Å². The molecule has 0 bridgehead atoms. The third kappa shape index (κ3) is 4.47. The van der Waals surface area contributed by atoms with Crippen LogP contribution in [0.25, 0.3) is 0 Å². The molecule has 0 aromatic carbocycles. The van der Waals surface area contributed by atoms with Gasteiger partial charge < -0.3 is 15.4 Å². The van der Waals surface area contributed by atoms with Gasteiger partial charge in [0.05, 0.1) is 18.8 Å². The van der Waals surface area contributed by atoms with E-state index in [9.17, 15) is 4.79 Å². The van der Waals surface area contributed by atoms with Crippen LogP contribution < -0.4 is 10.6 Å². The Kier molecular flexibility index (Phi) is 5.68. The summed E-state index contributed by atoms with van der Waals surface area (Å²) in [6, 6.07) is 3.45. The molecule has 0 radical (unpaired) electrons. The van der Waals surface area contributed by atoms with Crippen LogP contribution in [-0.4, -0.2) is 64.4 Å². The molecule has 1 aliphatic rings. The van der Waals surface area contributed by atoms with Gasteiger partial charge in [0.1, 0.15) is 5.82 Å². The molecular formula is C15H20N6O2S. The van der Waals surface area contributed by atoms with Crippen LogP contribution in [-0.2, 0) is 9.53 Å². The number of ether oxygens (including phenoxy) is 1. The van der Waals surface area contributed by atoms with E-state index in [1.807, 2.05) is 24.4 Å². The number of anilines is 2. The third-order valence-corrected chi connectivity index (χ3v) is 4.53. The van der Waals surface area contributed by atoms with Crippen LogP contribution in [0.15, 0.2) is 29.9 Å². The minimum atomic E-state index is -0.239. The lowest BCUT2D eigenvalue weighted by Gasteiger charge is -2.36. The normalized spacial score (nSPS) is 19.6. The molecular weight excluding hydrogens is 328 g/mol. The molecule has 0 aliphatic carbocycles. The van der Waals surface area contributed by atoms with Gasteiger partial charge in [0, 0.05) is 37.4 Å². The first kappa shape index (κ1) is 16.7. The fourth-order valence-corrected chi connectivity index (χ4v) is 3.02. The van der Waals surface area contributed by atoms with Crippen molar-refractivity contribution >= 4 is 28.2 Å². The fraction of sp³-hybridized carbons (Fsp3) is 0.467. The molecule has 1 aliphatic heterocycles. The van der Waals surface area contributed by atoms with Crippen molar-refractivity contribution < 1.29 is 9.53 Å². The summed E-state index contributed by atoms with van der Waals surface area (Å²) in [5.41, 5.74) is 0. The van der Waals surface area contributed by atoms with E-state index in [0.29, 0.717) is 30.6 Å². The maximum Gasteiger partial charge on any atom is 0.243 e. The van der Waals surface area contributed by atoms with E-state index in [-0.39, 0.29) is 18.1 Å². The van der Waals surface area contributed by atoms with E-state index in [1.54, 1.807) is 12.4 Å². The zero-order valence-corrected chi connectivity index (χ0v) is 14.2. The third-order valence-electron chi connectivity index (χ3n) is 3.84. The number of nitrogens with one attached hydrogen (secondary N) is 2. The van der Waals surface area contributed by atoms with Gasteiger partial charge in [-0.2, -0.15) is 5.10 Å². The van der Waals surface area contributed by atoms with E-state index in [0.717, 1.165) is 6.54 Å². The predicted octanol–water partition coefficient (Wildman–Crippen LogP) is 1.07. The molecule has 2 N–H and O–H groups in total. The van der Waals surface area contributed by atoms with Crippen LogP contribution in [0.1, 0.15) is 6.92 Å². The summed E-state index contributed by atoms with van der Waals surface area (Å²) in [7, 11) is 0. The van der Waals surface area contributed by atoms with Crippen molar-refractivity contribution in [2.24, 2.45) is 0 Å². The summed E-state index contributed by atoms with van der Waals surface area (Å²) in [6.45, 7) is 4.53. The van der Waals surface area contributed by atoms with Crippen molar-refractivity contribution in [2.75, 3.05) is 36.9 Å². The lowest BCUT2D eigenvalue weighted by molar-refractivity contribution is -0.123. The molecule has 1 fully saturated rings. The number of aromatic nitrogens is 3. The number of rotatable bonds is 6. The average Bonchev–Trinajstić information content (AvgIpc) is 3.13. The van der Waals surface area contributed by atoms with Crippen molar-refractivity contribution in [2.45, 2.75) is 19.1 Å². The highest BCUT2D eigenvalue weighted by atomic mass is 32.1. The van der Waals surface area contributed by atoms with E-state index in [1.165, 1.54) is 11.3 Å². The highest BCUT2D eigenvalue weighted by Gasteiger charge is 2.28. The van der Waals surface area contributed by atoms with Crippen LogP contribution >= 0.6 is 11.3 Å². The molecule has 1 saturated heterocycles. The lowest BCUT2D eigenvalue weighted by atomic mass is 10.2. The number of carbonyl (C=O) groups is 1. The number of thiazole rings is 1. The Morgan fingerprint density at radius 1 is 1.54 bits per heavy atom. The largest absolute Gasteiger partial charge is 0.374 e. The monoisotopic (exact) mass is 348 g/mol. The molecule has 2 atom stereocenters. The van der Waals surface area contributed by atoms with Crippen LogP contribution in [0, 0.1) is 0 Å². The molecule has 2 aromatic heterocycles. The summed E-state index contributed by atoms with van der Waals surface area (Å²) < 4.78 is 5.77. The summed E-state index contributed by atoms with van der Waals surface area (Å²) in [5, 5.41) is 16.3. The summed E-state index contributed by atoms with van der Waals surface area (Å²) in [4.78, 5) is 18.5. The van der Waals surface area contributed by atoms with E-state index >= 15 is 0 Å². The SMILES string of the molecule is C[C@@H](C(=O)Nc1nccs1)N1CCO[C@@H](CNc2cccnn2)C1. The standard InChI is InChI=1S/C15H20N6O2S/c1-11(14(22)19-15-16-5-8-24-15)21-6-7-23-12(10-21)9-17-13-3-2-4-18-20-13/h2-5,8,11-12H,6-7,9-10H2,1H3,(H,17,20)(H,16,19,22)/t11-,12-/m0/s1. The number of carbonyl (C=O) groups excluding carboxylic acids is 1. The number of hydrogen-bond donors (Lipinski definition) is 2. The maximum atomic E-state index is 12.3. The summed E-state index contributed by atoms with van der Waals surface area (Å²) in [6.07, 6.45) is 3.30. The lowest BCUT2D eigenvalue weighted by Crippen LogP contribution is -2.52. The van der Waals surface area contributed by atoms with Gasteiger partial charge in [-0.05, 0) is 19.1 Å². The zero-order chi connectivity index (χ0) is 16.8. The zero-order valence-electron chi connectivity index (χ0n) is 13.4. The Morgan fingerprint density at radius 2 is 2.46 bits per heavy atom. The molecule has 128 valence electrons. The van der Waals surface area contributed by atoms with E-state index in [4.69, 9.17) is 4.74 Å². The quantitative estimate of drug-likeness (QED) is 0.807. The fourth-order valence-electron chi connectivity index (χ4n) is 2.49. The molecule has 0 unspecified atom stereocenters. The topological polar surface area (TPSA) is 92.3 Å². The number of hydrogen-bond acceptors (Lipinski definition) is 8. The van der Waals surface area contributed by atoms with E-state index in [2.05, 4.69) is 30.7 Å². The van der Waals surface area contributed by atoms with Crippen molar-refractivity contribution in [1.82, 2.24) is 20.1 Å². The van der Waals surface area contributed by atoms with Crippen molar-refractivity contribution in [3.05, 3.63) is 29.9 Å². The van der Waals surface area contributed by atoms with Crippen LogP contribution in [0.4, 0.5) is 10.9 Å². The summed E-state index contributed by atoms with van der Waals surface area (Å²) in [5.74, 6) is 0.667. The number of morpholine rings is 1. The molecule has 0 spiro atoms. The van der Waals surface area contributed by atoms with Crippen molar-refractivity contribution in [3.8, 4) is 0 Å². The molecule has 8 nitrogen and oxygen atoms in total. The van der Waals surface area contributed by atoms with Gasteiger partial charge in [0.2, 0.25) is 5.91 Å². The molecule has 24 heavy (non-hydrogen) atoms. The molecule has 1 amide bonds. The highest BCUT2D eigenvalue weighted by Crippen LogP contribution is 2.14. The van der Waals surface area contributed by atoms with Crippen LogP contribution in [0.2, 0.25) is 0 Å².